The van der Waals surface area contributed by atoms with E-state index in [0.717, 1.165) is 41.0 Å². The fraction of sp³-hybridized carbons (Fsp3) is 0.469. The predicted octanol–water partition coefficient (Wildman–Crippen LogP) is 6.33. The van der Waals surface area contributed by atoms with Gasteiger partial charge in [-0.15, -0.1) is 0 Å². The molecule has 8 nitrogen and oxygen atoms in total. The van der Waals surface area contributed by atoms with Crippen molar-refractivity contribution < 1.29 is 18.3 Å². The Balaban J connectivity index is 1.36. The first-order valence-corrected chi connectivity index (χ1v) is 16.5. The van der Waals surface area contributed by atoms with Crippen molar-refractivity contribution in [2.75, 3.05) is 29.5 Å². The average molecular weight is 592 g/mol. The van der Waals surface area contributed by atoms with Gasteiger partial charge in [-0.25, -0.2) is 9.07 Å². The molecule has 3 fully saturated rings. The van der Waals surface area contributed by atoms with Crippen molar-refractivity contribution in [2.24, 2.45) is 11.3 Å². The van der Waals surface area contributed by atoms with E-state index in [1.54, 1.807) is 16.8 Å². The van der Waals surface area contributed by atoms with Crippen LogP contribution in [0.2, 0.25) is 0 Å². The minimum absolute atomic E-state index is 0.0138. The Hall–Kier alpha value is -3.39. The van der Waals surface area contributed by atoms with E-state index in [1.165, 1.54) is 12.1 Å². The Morgan fingerprint density at radius 3 is 2.31 bits per heavy atom. The number of amides is 1. The summed E-state index contributed by atoms with van der Waals surface area (Å²) in [5.41, 5.74) is 3.70. The molecule has 1 aromatic heterocycles. The lowest BCUT2D eigenvalue weighted by atomic mass is 9.65. The van der Waals surface area contributed by atoms with Crippen LogP contribution >= 0.6 is 10.6 Å². The summed E-state index contributed by atoms with van der Waals surface area (Å²) < 4.78 is 35.5. The lowest BCUT2D eigenvalue weighted by Crippen LogP contribution is -2.45. The topological polar surface area (TPSA) is 114 Å². The van der Waals surface area contributed by atoms with E-state index in [4.69, 9.17) is 5.10 Å². The number of hydrogen-bond donors (Lipinski definition) is 3. The van der Waals surface area contributed by atoms with Gasteiger partial charge in [-0.2, -0.15) is 21.0 Å². The number of rotatable bonds is 6. The van der Waals surface area contributed by atoms with Gasteiger partial charge in [0.05, 0.1) is 29.0 Å². The summed E-state index contributed by atoms with van der Waals surface area (Å²) in [6.45, 7) is 5.57. The molecule has 2 aliphatic carbocycles. The first kappa shape index (κ1) is 28.7. The van der Waals surface area contributed by atoms with Gasteiger partial charge in [0.2, 0.25) is 5.91 Å². The highest BCUT2D eigenvalue weighted by Crippen LogP contribution is 2.49. The summed E-state index contributed by atoms with van der Waals surface area (Å²) in [4.78, 5) is 15.9. The Kier molecular flexibility index (Phi) is 7.32. The first-order valence-electron chi connectivity index (χ1n) is 14.6. The number of aromatic nitrogens is 2. The van der Waals surface area contributed by atoms with Gasteiger partial charge in [-0.3, -0.25) is 13.9 Å². The smallest absolute Gasteiger partial charge is 0.225 e. The second-order valence-electron chi connectivity index (χ2n) is 12.9. The standard InChI is InChI=1S/C32H38FN5O3S/c1-31(2)12-11-26(27(19-31)30(39)35-32(21-34)13-14-32)29-28(20-38(36-29)25-9-5-23(33)6-10-25)22-3-7-24(8-4-22)37-15-17-42(40,41)18-16-37/h3-10,20,26-27,40-41H,11-19H2,1-2H3,(H,35,39)/t26-,27-/m0/s1. The van der Waals surface area contributed by atoms with Crippen molar-refractivity contribution in [3.05, 3.63) is 66.2 Å². The van der Waals surface area contributed by atoms with Crippen molar-refractivity contribution in [1.29, 1.82) is 5.26 Å². The van der Waals surface area contributed by atoms with Gasteiger partial charge >= 0.3 is 0 Å². The van der Waals surface area contributed by atoms with E-state index in [1.807, 2.05) is 30.5 Å². The molecule has 2 aromatic carbocycles. The third-order valence-electron chi connectivity index (χ3n) is 9.16. The maximum Gasteiger partial charge on any atom is 0.225 e. The fourth-order valence-electron chi connectivity index (χ4n) is 6.35. The summed E-state index contributed by atoms with van der Waals surface area (Å²) in [5.74, 6) is -0.131. The highest BCUT2D eigenvalue weighted by molar-refractivity contribution is 8.24. The van der Waals surface area contributed by atoms with Crippen LogP contribution in [-0.2, 0) is 4.79 Å². The molecule has 10 heteroatoms. The number of halogens is 1. The summed E-state index contributed by atoms with van der Waals surface area (Å²) >= 11 is 0. The molecule has 6 rings (SSSR count). The molecule has 42 heavy (non-hydrogen) atoms. The van der Waals surface area contributed by atoms with Crippen molar-refractivity contribution in [2.45, 2.75) is 57.4 Å². The van der Waals surface area contributed by atoms with Crippen molar-refractivity contribution >= 4 is 22.2 Å². The molecule has 0 radical (unpaired) electrons. The molecule has 222 valence electrons. The van der Waals surface area contributed by atoms with Gasteiger partial charge in [0.25, 0.3) is 0 Å². The molecule has 3 N–H and O–H groups in total. The fourth-order valence-corrected chi connectivity index (χ4v) is 7.58. The molecule has 3 aliphatic rings. The maximum absolute atomic E-state index is 13.7. The van der Waals surface area contributed by atoms with E-state index in [0.29, 0.717) is 43.9 Å². The summed E-state index contributed by atoms with van der Waals surface area (Å²) in [6, 6.07) is 16.7. The summed E-state index contributed by atoms with van der Waals surface area (Å²) in [5, 5.41) is 17.7. The molecule has 0 spiro atoms. The SMILES string of the molecule is CC1(C)CC[C@H](c2nn(-c3ccc(F)cc3)cc2-c2ccc(N3CCS(O)(O)CC3)cc2)[C@@H](C(=O)NC2(C#N)CC2)C1. The van der Waals surface area contributed by atoms with E-state index >= 15 is 0 Å². The van der Waals surface area contributed by atoms with E-state index in [9.17, 15) is 23.6 Å². The van der Waals surface area contributed by atoms with Crippen LogP contribution in [0.15, 0.2) is 54.7 Å². The van der Waals surface area contributed by atoms with Crippen molar-refractivity contribution in [3.8, 4) is 22.9 Å². The van der Waals surface area contributed by atoms with E-state index in [2.05, 4.69) is 30.1 Å². The van der Waals surface area contributed by atoms with Crippen molar-refractivity contribution in [1.82, 2.24) is 15.1 Å². The maximum atomic E-state index is 13.7. The third kappa shape index (κ3) is 5.91. The summed E-state index contributed by atoms with van der Waals surface area (Å²) in [6.07, 6.45) is 5.75. The third-order valence-corrected chi connectivity index (χ3v) is 10.8. The molecule has 0 bridgehead atoms. The second-order valence-corrected chi connectivity index (χ2v) is 15.3. The molecule has 2 heterocycles. The van der Waals surface area contributed by atoms with Crippen LogP contribution in [-0.4, -0.2) is 54.9 Å². The Bertz CT molecular complexity index is 1500. The average Bonchev–Trinajstić information content (AvgIpc) is 3.60. The second kappa shape index (κ2) is 10.7. The molecule has 1 saturated heterocycles. The number of nitrogens with one attached hydrogen (secondary N) is 1. The van der Waals surface area contributed by atoms with Crippen LogP contribution in [0.25, 0.3) is 16.8 Å². The number of carbonyl (C=O) groups is 1. The zero-order valence-electron chi connectivity index (χ0n) is 24.1. The summed E-state index contributed by atoms with van der Waals surface area (Å²) in [7, 11) is -2.48. The first-order chi connectivity index (χ1) is 20.0. The highest BCUT2D eigenvalue weighted by atomic mass is 32.3. The van der Waals surface area contributed by atoms with Crippen molar-refractivity contribution in [3.63, 3.8) is 0 Å². The molecule has 3 aromatic rings. The van der Waals surface area contributed by atoms with E-state index in [-0.39, 0.29) is 29.0 Å². The normalized spacial score (nSPS) is 24.8. The van der Waals surface area contributed by atoms with Gasteiger partial charge in [-0.05, 0) is 79.5 Å². The monoisotopic (exact) mass is 591 g/mol. The quantitative estimate of drug-likeness (QED) is 0.309. The molecule has 1 aliphatic heterocycles. The molecule has 2 saturated carbocycles. The van der Waals surface area contributed by atoms with Gasteiger partial charge in [-0.1, -0.05) is 26.0 Å². The molecular weight excluding hydrogens is 553 g/mol. The van der Waals surface area contributed by atoms with Crippen LogP contribution in [0, 0.1) is 28.5 Å². The zero-order chi connectivity index (χ0) is 29.7. The van der Waals surface area contributed by atoms with Crippen LogP contribution in [0.4, 0.5) is 10.1 Å². The Morgan fingerprint density at radius 1 is 1.05 bits per heavy atom. The largest absolute Gasteiger partial charge is 0.368 e. The van der Waals surface area contributed by atoms with Crippen LogP contribution in [0.1, 0.15) is 57.6 Å². The number of carbonyl (C=O) groups excluding carboxylic acids is 1. The lowest BCUT2D eigenvalue weighted by Gasteiger charge is -2.42. The van der Waals surface area contributed by atoms with Gasteiger partial charge in [0, 0.05) is 42.4 Å². The molecule has 1 amide bonds. The van der Waals surface area contributed by atoms with Crippen LogP contribution in [0.5, 0.6) is 0 Å². The number of anilines is 1. The predicted molar refractivity (Wildman–Crippen MR) is 163 cm³/mol. The van der Waals surface area contributed by atoms with Gasteiger partial charge in [0.1, 0.15) is 11.4 Å². The Morgan fingerprint density at radius 2 is 1.69 bits per heavy atom. The van der Waals surface area contributed by atoms with Crippen LogP contribution in [0.3, 0.4) is 0 Å². The lowest BCUT2D eigenvalue weighted by molar-refractivity contribution is -0.128. The highest BCUT2D eigenvalue weighted by Gasteiger charge is 2.48. The number of benzene rings is 2. The van der Waals surface area contributed by atoms with Gasteiger partial charge < -0.3 is 10.2 Å². The zero-order valence-corrected chi connectivity index (χ0v) is 24.9. The molecule has 2 atom stereocenters. The number of hydrogen-bond acceptors (Lipinski definition) is 6. The molecular formula is C32H38FN5O3S. The van der Waals surface area contributed by atoms with Gasteiger partial charge in [0.15, 0.2) is 0 Å². The molecule has 0 unspecified atom stereocenters. The Labute approximate surface area is 247 Å². The minimum Gasteiger partial charge on any atom is -0.368 e. The van der Waals surface area contributed by atoms with E-state index < -0.39 is 16.1 Å². The number of nitriles is 1. The minimum atomic E-state index is -2.48. The van der Waals surface area contributed by atoms with Crippen LogP contribution < -0.4 is 10.2 Å². The number of nitrogens with zero attached hydrogens (tertiary/aromatic N) is 4.